The van der Waals surface area contributed by atoms with E-state index in [9.17, 15) is 4.39 Å². The van der Waals surface area contributed by atoms with Crippen LogP contribution in [0.15, 0.2) is 28.7 Å². The van der Waals surface area contributed by atoms with Gasteiger partial charge in [0.25, 0.3) is 0 Å². The van der Waals surface area contributed by atoms with Gasteiger partial charge in [-0.2, -0.15) is 0 Å². The second-order valence-corrected chi connectivity index (χ2v) is 4.58. The van der Waals surface area contributed by atoms with E-state index in [-0.39, 0.29) is 0 Å². The number of hydrogen-bond donors (Lipinski definition) is 1. The molecule has 1 aliphatic rings. The summed E-state index contributed by atoms with van der Waals surface area (Å²) >= 11 is 3.35. The molecule has 0 spiro atoms. The Morgan fingerprint density at radius 1 is 1.31 bits per heavy atom. The molecule has 2 N–H and O–H groups in total. The monoisotopic (exact) mass is 243 g/mol. The molecule has 1 fully saturated rings. The van der Waals surface area contributed by atoms with Crippen LogP contribution in [0, 0.1) is 0 Å². The summed E-state index contributed by atoms with van der Waals surface area (Å²) in [5, 5.41) is 0. The van der Waals surface area contributed by atoms with Crippen molar-refractivity contribution in [3.63, 3.8) is 0 Å². The van der Waals surface area contributed by atoms with Crippen molar-refractivity contribution in [1.29, 1.82) is 0 Å². The molecule has 0 atom stereocenters. The lowest BCUT2D eigenvalue weighted by atomic mass is 9.71. The van der Waals surface area contributed by atoms with Crippen LogP contribution in [0.4, 0.5) is 4.39 Å². The lowest BCUT2D eigenvalue weighted by molar-refractivity contribution is 0.0985. The molecule has 0 saturated heterocycles. The largest absolute Gasteiger partial charge is 0.321 e. The molecule has 1 aliphatic carbocycles. The number of hydrogen-bond acceptors (Lipinski definition) is 1. The third kappa shape index (κ3) is 1.63. The van der Waals surface area contributed by atoms with Crippen LogP contribution in [-0.2, 0) is 5.54 Å². The molecule has 0 radical (unpaired) electrons. The summed E-state index contributed by atoms with van der Waals surface area (Å²) in [6.07, 6.45) is 0.192. The van der Waals surface area contributed by atoms with Gasteiger partial charge in [-0.3, -0.25) is 0 Å². The second-order valence-electron chi connectivity index (χ2n) is 3.67. The van der Waals surface area contributed by atoms with E-state index in [0.29, 0.717) is 12.8 Å². The molecule has 0 unspecified atom stereocenters. The van der Waals surface area contributed by atoms with Crippen molar-refractivity contribution in [2.24, 2.45) is 5.73 Å². The van der Waals surface area contributed by atoms with Gasteiger partial charge in [-0.25, -0.2) is 4.39 Å². The standard InChI is InChI=1S/C10H11BrFN/c11-8-3-1-7(2-4-8)10(13)5-9(12)6-10/h1-4,9H,5-6,13H2. The van der Waals surface area contributed by atoms with Crippen LogP contribution in [0.1, 0.15) is 18.4 Å². The van der Waals surface area contributed by atoms with E-state index in [2.05, 4.69) is 15.9 Å². The van der Waals surface area contributed by atoms with Gasteiger partial charge in [-0.15, -0.1) is 0 Å². The average molecular weight is 244 g/mol. The molecule has 13 heavy (non-hydrogen) atoms. The number of alkyl halides is 1. The third-order valence-corrected chi connectivity index (χ3v) is 3.12. The summed E-state index contributed by atoms with van der Waals surface area (Å²) in [7, 11) is 0. The van der Waals surface area contributed by atoms with Gasteiger partial charge in [0.2, 0.25) is 0 Å². The fourth-order valence-electron chi connectivity index (χ4n) is 1.75. The fourth-order valence-corrected chi connectivity index (χ4v) is 2.01. The molecular formula is C10H11BrFN. The average Bonchev–Trinajstić information content (AvgIpc) is 2.03. The topological polar surface area (TPSA) is 26.0 Å². The van der Waals surface area contributed by atoms with Crippen LogP contribution < -0.4 is 5.73 Å². The van der Waals surface area contributed by atoms with E-state index in [4.69, 9.17) is 5.73 Å². The van der Waals surface area contributed by atoms with Crippen LogP contribution in [0.3, 0.4) is 0 Å². The minimum absolute atomic E-state index is 0.417. The van der Waals surface area contributed by atoms with Crippen molar-refractivity contribution >= 4 is 15.9 Å². The highest BCUT2D eigenvalue weighted by Gasteiger charge is 2.42. The maximum Gasteiger partial charge on any atom is 0.104 e. The summed E-state index contributed by atoms with van der Waals surface area (Å²) in [5.74, 6) is 0. The zero-order valence-electron chi connectivity index (χ0n) is 7.13. The quantitative estimate of drug-likeness (QED) is 0.807. The Morgan fingerprint density at radius 2 is 1.85 bits per heavy atom. The van der Waals surface area contributed by atoms with Gasteiger partial charge < -0.3 is 5.73 Å². The highest BCUT2D eigenvalue weighted by atomic mass is 79.9. The second kappa shape index (κ2) is 3.07. The minimum atomic E-state index is -0.714. The Balaban J connectivity index is 2.22. The van der Waals surface area contributed by atoms with E-state index >= 15 is 0 Å². The summed E-state index contributed by atoms with van der Waals surface area (Å²) in [6, 6.07) is 7.79. The normalized spacial score (nSPS) is 32.7. The Morgan fingerprint density at radius 3 is 2.31 bits per heavy atom. The first kappa shape index (κ1) is 9.16. The maximum atomic E-state index is 12.7. The highest BCUT2D eigenvalue weighted by molar-refractivity contribution is 9.10. The predicted molar refractivity (Wildman–Crippen MR) is 54.1 cm³/mol. The third-order valence-electron chi connectivity index (χ3n) is 2.59. The van der Waals surface area contributed by atoms with E-state index in [1.807, 2.05) is 24.3 Å². The Labute approximate surface area is 85.3 Å². The lowest BCUT2D eigenvalue weighted by Crippen LogP contribution is -2.50. The molecule has 0 aliphatic heterocycles. The molecule has 2 rings (SSSR count). The smallest absolute Gasteiger partial charge is 0.104 e. The minimum Gasteiger partial charge on any atom is -0.321 e. The maximum absolute atomic E-state index is 12.7. The predicted octanol–water partition coefficient (Wildman–Crippen LogP) is 2.74. The Kier molecular flexibility index (Phi) is 2.16. The van der Waals surface area contributed by atoms with Crippen molar-refractivity contribution in [3.8, 4) is 0 Å². The van der Waals surface area contributed by atoms with Gasteiger partial charge >= 0.3 is 0 Å². The number of nitrogens with two attached hydrogens (primary N) is 1. The van der Waals surface area contributed by atoms with E-state index < -0.39 is 11.7 Å². The van der Waals surface area contributed by atoms with Gasteiger partial charge in [-0.1, -0.05) is 28.1 Å². The number of rotatable bonds is 1. The summed E-state index contributed by atoms with van der Waals surface area (Å²) in [5.41, 5.74) is 6.62. The molecule has 0 amide bonds. The van der Waals surface area contributed by atoms with Crippen LogP contribution in [-0.4, -0.2) is 6.17 Å². The molecule has 1 aromatic rings. The van der Waals surface area contributed by atoms with Gasteiger partial charge in [0, 0.05) is 22.9 Å². The lowest BCUT2D eigenvalue weighted by Gasteiger charge is -2.41. The number of halogens is 2. The molecule has 1 nitrogen and oxygen atoms in total. The molecule has 0 bridgehead atoms. The zero-order chi connectivity index (χ0) is 9.47. The summed E-state index contributed by atoms with van der Waals surface area (Å²) < 4.78 is 13.7. The SMILES string of the molecule is NC1(c2ccc(Br)cc2)CC(F)C1. The van der Waals surface area contributed by atoms with Gasteiger partial charge in [-0.05, 0) is 17.7 Å². The zero-order valence-corrected chi connectivity index (χ0v) is 8.72. The van der Waals surface area contributed by atoms with Crippen molar-refractivity contribution in [2.45, 2.75) is 24.6 Å². The first-order valence-electron chi connectivity index (χ1n) is 4.29. The van der Waals surface area contributed by atoms with Crippen molar-refractivity contribution in [3.05, 3.63) is 34.3 Å². The molecule has 0 heterocycles. The van der Waals surface area contributed by atoms with Gasteiger partial charge in [0.05, 0.1) is 0 Å². The van der Waals surface area contributed by atoms with Gasteiger partial charge in [0.1, 0.15) is 6.17 Å². The van der Waals surface area contributed by atoms with Crippen LogP contribution in [0.2, 0.25) is 0 Å². The first-order valence-corrected chi connectivity index (χ1v) is 5.08. The number of benzene rings is 1. The van der Waals surface area contributed by atoms with Crippen molar-refractivity contribution in [2.75, 3.05) is 0 Å². The Bertz CT molecular complexity index is 303. The van der Waals surface area contributed by atoms with Gasteiger partial charge in [0.15, 0.2) is 0 Å². The van der Waals surface area contributed by atoms with Crippen LogP contribution in [0.5, 0.6) is 0 Å². The Hall–Kier alpha value is -0.410. The molecule has 0 aromatic heterocycles. The molecule has 1 aromatic carbocycles. The van der Waals surface area contributed by atoms with E-state index in [1.54, 1.807) is 0 Å². The summed E-state index contributed by atoms with van der Waals surface area (Å²) in [4.78, 5) is 0. The molecule has 3 heteroatoms. The molecule has 1 saturated carbocycles. The highest BCUT2D eigenvalue weighted by Crippen LogP contribution is 2.40. The first-order chi connectivity index (χ1) is 6.10. The van der Waals surface area contributed by atoms with Crippen molar-refractivity contribution < 1.29 is 4.39 Å². The van der Waals surface area contributed by atoms with E-state index in [0.717, 1.165) is 10.0 Å². The summed E-state index contributed by atoms with van der Waals surface area (Å²) in [6.45, 7) is 0. The van der Waals surface area contributed by atoms with E-state index in [1.165, 1.54) is 0 Å². The van der Waals surface area contributed by atoms with Crippen molar-refractivity contribution in [1.82, 2.24) is 0 Å². The molecule has 70 valence electrons. The van der Waals surface area contributed by atoms with Crippen LogP contribution >= 0.6 is 15.9 Å². The fraction of sp³-hybridized carbons (Fsp3) is 0.400. The van der Waals surface area contributed by atoms with Crippen LogP contribution in [0.25, 0.3) is 0 Å². The molecular weight excluding hydrogens is 233 g/mol.